The third-order valence-corrected chi connectivity index (χ3v) is 4.61. The Bertz CT molecular complexity index is 567. The fourth-order valence-electron chi connectivity index (χ4n) is 1.84. The molecule has 10 heteroatoms. The summed E-state index contributed by atoms with van der Waals surface area (Å²) in [5.74, 6) is -2.14. The molecule has 0 fully saturated rings. The molecule has 1 aromatic carbocycles. The van der Waals surface area contributed by atoms with Gasteiger partial charge in [-0.25, -0.2) is 9.78 Å². The molecule has 0 saturated heterocycles. The minimum absolute atomic E-state index is 0.108. The van der Waals surface area contributed by atoms with Gasteiger partial charge in [0.2, 0.25) is 0 Å². The van der Waals surface area contributed by atoms with Crippen molar-refractivity contribution in [2.75, 3.05) is 20.3 Å². The van der Waals surface area contributed by atoms with Gasteiger partial charge in [-0.15, -0.1) is 9.35 Å². The molecule has 0 amide bonds. The number of aliphatic hydroxyl groups is 1. The molecule has 0 radical (unpaired) electrons. The van der Waals surface area contributed by atoms with E-state index in [-0.39, 0.29) is 25.2 Å². The molecule has 1 rings (SSSR count). The molecular formula is C15H24NO8P. The van der Waals surface area contributed by atoms with E-state index in [0.29, 0.717) is 0 Å². The number of methoxy groups -OCH3 is 1. The van der Waals surface area contributed by atoms with Crippen molar-refractivity contribution >= 4 is 13.6 Å². The van der Waals surface area contributed by atoms with Gasteiger partial charge in [-0.05, 0) is 31.4 Å². The van der Waals surface area contributed by atoms with Crippen LogP contribution in [0.15, 0.2) is 24.3 Å². The highest BCUT2D eigenvalue weighted by Gasteiger charge is 2.39. The quantitative estimate of drug-likeness (QED) is 0.257. The first-order valence-corrected chi connectivity index (χ1v) is 9.31. The van der Waals surface area contributed by atoms with Crippen LogP contribution in [-0.4, -0.2) is 37.4 Å². The summed E-state index contributed by atoms with van der Waals surface area (Å²) in [6.07, 6.45) is 0.256. The van der Waals surface area contributed by atoms with E-state index in [0.717, 1.165) is 5.56 Å². The van der Waals surface area contributed by atoms with Crippen molar-refractivity contribution in [1.82, 2.24) is 0 Å². The maximum Gasteiger partial charge on any atom is 0.416 e. The normalized spacial score (nSPS) is 14.1. The van der Waals surface area contributed by atoms with E-state index in [1.807, 2.05) is 0 Å². The number of hydrogen-bond acceptors (Lipinski definition) is 9. The number of esters is 1. The second kappa shape index (κ2) is 10.6. The summed E-state index contributed by atoms with van der Waals surface area (Å²) in [5.41, 5.74) is 6.69. The lowest BCUT2D eigenvalue weighted by Crippen LogP contribution is -2.33. The molecule has 0 aliphatic heterocycles. The van der Waals surface area contributed by atoms with Crippen LogP contribution in [0, 0.1) is 0 Å². The number of aliphatic hydroxyl groups excluding tert-OH is 1. The van der Waals surface area contributed by atoms with Crippen LogP contribution < -0.4 is 5.73 Å². The van der Waals surface area contributed by atoms with Crippen LogP contribution in [0.2, 0.25) is 0 Å². The summed E-state index contributed by atoms with van der Waals surface area (Å²) in [6.45, 7) is 3.46. The second-order valence-corrected chi connectivity index (χ2v) is 6.82. The maximum absolute atomic E-state index is 12.6. The summed E-state index contributed by atoms with van der Waals surface area (Å²) in [5, 5.41) is 10.3. The van der Waals surface area contributed by atoms with Crippen molar-refractivity contribution in [2.45, 2.75) is 32.2 Å². The minimum Gasteiger partial charge on any atom is -0.468 e. The van der Waals surface area contributed by atoms with Crippen LogP contribution in [0.25, 0.3) is 0 Å². The molecule has 0 spiro atoms. The fourth-order valence-corrected chi connectivity index (χ4v) is 3.07. The van der Waals surface area contributed by atoms with Gasteiger partial charge in [0, 0.05) is 0 Å². The Balaban J connectivity index is 2.86. The first-order valence-electron chi connectivity index (χ1n) is 7.70. The van der Waals surface area contributed by atoms with Gasteiger partial charge in [-0.2, -0.15) is 0 Å². The highest BCUT2D eigenvalue weighted by Crippen LogP contribution is 2.59. The molecular weight excluding hydrogens is 353 g/mol. The van der Waals surface area contributed by atoms with Crippen molar-refractivity contribution in [3.05, 3.63) is 35.4 Å². The highest BCUT2D eigenvalue weighted by molar-refractivity contribution is 7.53. The Kier molecular flexibility index (Phi) is 9.23. The minimum atomic E-state index is -4.12. The van der Waals surface area contributed by atoms with Crippen molar-refractivity contribution < 1.29 is 38.3 Å². The molecule has 0 aliphatic carbocycles. The summed E-state index contributed by atoms with van der Waals surface area (Å²) in [7, 11) is -2.86. The summed E-state index contributed by atoms with van der Waals surface area (Å²) in [4.78, 5) is 20.7. The average molecular weight is 377 g/mol. The Morgan fingerprint density at radius 3 is 2.12 bits per heavy atom. The molecule has 0 saturated carbocycles. The fraction of sp³-hybridized carbons (Fsp3) is 0.533. The van der Waals surface area contributed by atoms with Crippen molar-refractivity contribution in [3.8, 4) is 0 Å². The largest absolute Gasteiger partial charge is 0.468 e. The zero-order chi connectivity index (χ0) is 18.9. The molecule has 0 aromatic heterocycles. The van der Waals surface area contributed by atoms with Gasteiger partial charge in [-0.3, -0.25) is 9.36 Å². The van der Waals surface area contributed by atoms with E-state index in [2.05, 4.69) is 14.5 Å². The molecule has 0 bridgehead atoms. The van der Waals surface area contributed by atoms with Gasteiger partial charge >= 0.3 is 13.6 Å². The topological polar surface area (TPSA) is 127 Å². The van der Waals surface area contributed by atoms with Gasteiger partial charge in [0.15, 0.2) is 5.85 Å². The summed E-state index contributed by atoms with van der Waals surface area (Å²) < 4.78 is 26.6. The predicted octanol–water partition coefficient (Wildman–Crippen LogP) is 1.85. The van der Waals surface area contributed by atoms with Crippen LogP contribution in [0.4, 0.5) is 0 Å². The first-order chi connectivity index (χ1) is 11.9. The number of hydrogen-bond donors (Lipinski definition) is 2. The molecule has 2 unspecified atom stereocenters. The van der Waals surface area contributed by atoms with Crippen LogP contribution in [0.5, 0.6) is 0 Å². The average Bonchev–Trinajstić information content (AvgIpc) is 2.63. The van der Waals surface area contributed by atoms with Gasteiger partial charge in [0.25, 0.3) is 0 Å². The monoisotopic (exact) mass is 377 g/mol. The van der Waals surface area contributed by atoms with Crippen molar-refractivity contribution in [1.29, 1.82) is 0 Å². The molecule has 25 heavy (non-hydrogen) atoms. The van der Waals surface area contributed by atoms with E-state index in [9.17, 15) is 14.5 Å². The van der Waals surface area contributed by atoms with E-state index in [1.54, 1.807) is 26.0 Å². The van der Waals surface area contributed by atoms with Gasteiger partial charge < -0.3 is 15.6 Å². The Morgan fingerprint density at radius 1 is 1.16 bits per heavy atom. The van der Waals surface area contributed by atoms with Crippen LogP contribution in [0.1, 0.15) is 30.8 Å². The lowest BCUT2D eigenvalue weighted by atomic mass is 10.0. The maximum atomic E-state index is 12.6. The highest BCUT2D eigenvalue weighted by atomic mass is 31.2. The SMILES string of the molecule is CCOOP(=O)(OOCC)C(O)c1ccc(CC(N)C(=O)OC)cc1. The van der Waals surface area contributed by atoms with Crippen molar-refractivity contribution in [2.24, 2.45) is 5.73 Å². The summed E-state index contributed by atoms with van der Waals surface area (Å²) in [6, 6.07) is 5.50. The molecule has 142 valence electrons. The Labute approximate surface area is 146 Å². The van der Waals surface area contributed by atoms with Gasteiger partial charge in [0.1, 0.15) is 6.04 Å². The zero-order valence-corrected chi connectivity index (χ0v) is 15.3. The smallest absolute Gasteiger partial charge is 0.416 e. The molecule has 9 nitrogen and oxygen atoms in total. The van der Waals surface area contributed by atoms with Crippen molar-refractivity contribution in [3.63, 3.8) is 0 Å². The molecule has 0 heterocycles. The van der Waals surface area contributed by atoms with Crippen LogP contribution in [0.3, 0.4) is 0 Å². The molecule has 0 aliphatic rings. The second-order valence-electron chi connectivity index (χ2n) is 4.95. The Hall–Kier alpha value is -1.32. The van der Waals surface area contributed by atoms with Gasteiger partial charge in [0.05, 0.1) is 20.3 Å². The van der Waals surface area contributed by atoms with E-state index in [1.165, 1.54) is 19.2 Å². The van der Waals surface area contributed by atoms with Crippen LogP contribution in [-0.2, 0) is 39.6 Å². The number of benzene rings is 1. The number of carbonyl (C=O) groups excluding carboxylic acids is 1. The molecule has 1 aromatic rings. The van der Waals surface area contributed by atoms with E-state index < -0.39 is 25.5 Å². The third-order valence-electron chi connectivity index (χ3n) is 3.09. The third kappa shape index (κ3) is 6.48. The first kappa shape index (κ1) is 21.7. The molecule has 3 N–H and O–H groups in total. The Morgan fingerprint density at radius 2 is 1.68 bits per heavy atom. The number of carbonyl (C=O) groups is 1. The van der Waals surface area contributed by atoms with Gasteiger partial charge in [-0.1, -0.05) is 24.3 Å². The van der Waals surface area contributed by atoms with E-state index >= 15 is 0 Å². The summed E-state index contributed by atoms with van der Waals surface area (Å²) >= 11 is 0. The predicted molar refractivity (Wildman–Crippen MR) is 88.1 cm³/mol. The zero-order valence-electron chi connectivity index (χ0n) is 14.4. The number of rotatable bonds is 11. The lowest BCUT2D eigenvalue weighted by Gasteiger charge is -2.21. The number of nitrogens with two attached hydrogens (primary N) is 1. The van der Waals surface area contributed by atoms with E-state index in [4.69, 9.17) is 15.1 Å². The standard InChI is InChI=1S/C15H24NO8P/c1-4-21-23-25(19,24-22-5-2)15(18)12-8-6-11(7-9-12)10-13(16)14(17)20-3/h6-9,13,15,18H,4-5,10,16H2,1-3H3. The number of ether oxygens (including phenoxy) is 1. The van der Waals surface area contributed by atoms with Crippen LogP contribution >= 0.6 is 7.60 Å². The molecule has 2 atom stereocenters. The lowest BCUT2D eigenvalue weighted by molar-refractivity contribution is -0.268.